The Morgan fingerprint density at radius 3 is 2.23 bits per heavy atom. The highest BCUT2D eigenvalue weighted by Gasteiger charge is 2.21. The van der Waals surface area contributed by atoms with Gasteiger partial charge in [0.25, 0.3) is 0 Å². The molecule has 0 aliphatic rings. The molecule has 2 aromatic carbocycles. The molecule has 5 nitrogen and oxygen atoms in total. The van der Waals surface area contributed by atoms with Crippen LogP contribution in [-0.2, 0) is 6.54 Å². The average molecular weight is 426 g/mol. The van der Waals surface area contributed by atoms with Crippen molar-refractivity contribution in [2.24, 2.45) is 0 Å². The highest BCUT2D eigenvalue weighted by atomic mass is 16.5. The molecular weight excluding hydrogens is 386 g/mol. The van der Waals surface area contributed by atoms with E-state index in [1.807, 2.05) is 67.3 Å². The Bertz CT molecular complexity index is 770. The molecule has 0 aromatic heterocycles. The van der Waals surface area contributed by atoms with E-state index in [1.165, 1.54) is 5.56 Å². The Kier molecular flexibility index (Phi) is 10.4. The summed E-state index contributed by atoms with van der Waals surface area (Å²) in [5.41, 5.74) is 3.09. The molecule has 0 aliphatic heterocycles. The molecule has 170 valence electrons. The van der Waals surface area contributed by atoms with Crippen molar-refractivity contribution in [1.29, 1.82) is 0 Å². The van der Waals surface area contributed by atoms with Gasteiger partial charge < -0.3 is 19.9 Å². The van der Waals surface area contributed by atoms with Gasteiger partial charge in [-0.2, -0.15) is 0 Å². The van der Waals surface area contributed by atoms with Crippen molar-refractivity contribution in [3.8, 4) is 5.75 Å². The topological polar surface area (TPSA) is 44.8 Å². The zero-order valence-electron chi connectivity index (χ0n) is 19.9. The summed E-state index contributed by atoms with van der Waals surface area (Å²) in [6.45, 7) is 15.0. The first kappa shape index (κ1) is 24.7. The fourth-order valence-electron chi connectivity index (χ4n) is 3.62. The van der Waals surface area contributed by atoms with Gasteiger partial charge in [-0.3, -0.25) is 0 Å². The zero-order chi connectivity index (χ0) is 22.6. The Labute approximate surface area is 188 Å². The van der Waals surface area contributed by atoms with Gasteiger partial charge in [0.15, 0.2) is 0 Å². The lowest BCUT2D eigenvalue weighted by molar-refractivity contribution is 0.181. The minimum absolute atomic E-state index is 0.0620. The molecule has 0 spiro atoms. The van der Waals surface area contributed by atoms with Crippen LogP contribution < -0.4 is 10.1 Å². The number of urea groups is 1. The number of anilines is 1. The highest BCUT2D eigenvalue weighted by Crippen LogP contribution is 2.18. The van der Waals surface area contributed by atoms with Crippen molar-refractivity contribution in [3.05, 3.63) is 59.7 Å². The normalized spacial score (nSPS) is 11.9. The van der Waals surface area contributed by atoms with Gasteiger partial charge in [0.1, 0.15) is 5.75 Å². The Balaban J connectivity index is 2.09. The molecule has 1 atom stereocenters. The third-order valence-corrected chi connectivity index (χ3v) is 5.67. The fourth-order valence-corrected chi connectivity index (χ4v) is 3.62. The third kappa shape index (κ3) is 8.25. The number of aryl methyl sites for hydroxylation is 1. The van der Waals surface area contributed by atoms with Gasteiger partial charge in [-0.15, -0.1) is 0 Å². The lowest BCUT2D eigenvalue weighted by atomic mass is 10.1. The minimum Gasteiger partial charge on any atom is -0.494 e. The van der Waals surface area contributed by atoms with Crippen LogP contribution in [0.4, 0.5) is 10.5 Å². The molecule has 0 unspecified atom stereocenters. The first-order valence-corrected chi connectivity index (χ1v) is 11.5. The summed E-state index contributed by atoms with van der Waals surface area (Å²) >= 11 is 0. The number of hydrogen-bond donors (Lipinski definition) is 1. The summed E-state index contributed by atoms with van der Waals surface area (Å²) < 4.78 is 5.55. The van der Waals surface area contributed by atoms with Gasteiger partial charge in [-0.1, -0.05) is 43.7 Å². The van der Waals surface area contributed by atoms with Crippen LogP contribution in [0.15, 0.2) is 48.5 Å². The number of rotatable bonds is 12. The number of hydrogen-bond acceptors (Lipinski definition) is 3. The van der Waals surface area contributed by atoms with Crippen LogP contribution in [0.1, 0.15) is 51.7 Å². The predicted molar refractivity (Wildman–Crippen MR) is 130 cm³/mol. The van der Waals surface area contributed by atoms with E-state index in [4.69, 9.17) is 4.74 Å². The second kappa shape index (κ2) is 13.0. The van der Waals surface area contributed by atoms with Crippen LogP contribution in [0, 0.1) is 6.92 Å². The molecule has 0 radical (unpaired) electrons. The molecule has 0 fully saturated rings. The molecule has 31 heavy (non-hydrogen) atoms. The Hall–Kier alpha value is -2.53. The van der Waals surface area contributed by atoms with Crippen molar-refractivity contribution >= 4 is 11.7 Å². The molecule has 2 amide bonds. The molecule has 0 heterocycles. The van der Waals surface area contributed by atoms with Gasteiger partial charge in [0, 0.05) is 18.3 Å². The van der Waals surface area contributed by atoms with E-state index in [0.29, 0.717) is 13.2 Å². The van der Waals surface area contributed by atoms with Gasteiger partial charge in [0.2, 0.25) is 0 Å². The quantitative estimate of drug-likeness (QED) is 0.458. The lowest BCUT2D eigenvalue weighted by Crippen LogP contribution is -2.41. The summed E-state index contributed by atoms with van der Waals surface area (Å²) in [4.78, 5) is 17.6. The molecule has 0 aliphatic carbocycles. The summed E-state index contributed by atoms with van der Waals surface area (Å²) in [6.07, 6.45) is 2.04. The van der Waals surface area contributed by atoms with Crippen molar-refractivity contribution in [2.75, 3.05) is 31.6 Å². The van der Waals surface area contributed by atoms with Crippen LogP contribution in [0.5, 0.6) is 5.75 Å². The van der Waals surface area contributed by atoms with Crippen LogP contribution in [0.3, 0.4) is 0 Å². The zero-order valence-corrected chi connectivity index (χ0v) is 19.9. The second-order valence-corrected chi connectivity index (χ2v) is 8.02. The molecule has 2 rings (SSSR count). The van der Waals surface area contributed by atoms with Crippen molar-refractivity contribution in [2.45, 2.75) is 60.0 Å². The number of nitrogens with zero attached hydrogens (tertiary/aromatic N) is 2. The van der Waals surface area contributed by atoms with Gasteiger partial charge in [-0.25, -0.2) is 4.79 Å². The Morgan fingerprint density at radius 1 is 1.00 bits per heavy atom. The van der Waals surface area contributed by atoms with Crippen molar-refractivity contribution < 1.29 is 9.53 Å². The fraction of sp³-hybridized carbons (Fsp3) is 0.500. The number of benzene rings is 2. The first-order valence-electron chi connectivity index (χ1n) is 11.5. The first-order chi connectivity index (χ1) is 15.0. The lowest BCUT2D eigenvalue weighted by Gasteiger charge is -2.30. The third-order valence-electron chi connectivity index (χ3n) is 5.67. The number of carbonyl (C=O) groups excluding carboxylic acids is 1. The molecule has 2 aromatic rings. The van der Waals surface area contributed by atoms with E-state index in [-0.39, 0.29) is 12.1 Å². The van der Waals surface area contributed by atoms with E-state index in [9.17, 15) is 4.79 Å². The van der Waals surface area contributed by atoms with Crippen LogP contribution >= 0.6 is 0 Å². The predicted octanol–water partition coefficient (Wildman–Crippen LogP) is 5.94. The van der Waals surface area contributed by atoms with Crippen LogP contribution in [0.25, 0.3) is 0 Å². The van der Waals surface area contributed by atoms with Gasteiger partial charge >= 0.3 is 6.03 Å². The van der Waals surface area contributed by atoms with E-state index in [2.05, 4.69) is 31.0 Å². The maximum atomic E-state index is 13.2. The minimum atomic E-state index is -0.0620. The van der Waals surface area contributed by atoms with E-state index < -0.39 is 0 Å². The second-order valence-electron chi connectivity index (χ2n) is 8.02. The summed E-state index contributed by atoms with van der Waals surface area (Å²) in [5, 5.41) is 3.08. The van der Waals surface area contributed by atoms with Crippen LogP contribution in [-0.4, -0.2) is 48.1 Å². The summed E-state index contributed by atoms with van der Waals surface area (Å²) in [6, 6.07) is 16.0. The average Bonchev–Trinajstić information content (AvgIpc) is 2.77. The van der Waals surface area contributed by atoms with Crippen molar-refractivity contribution in [3.63, 3.8) is 0 Å². The number of amides is 2. The Morgan fingerprint density at radius 2 is 1.65 bits per heavy atom. The highest BCUT2D eigenvalue weighted by molar-refractivity contribution is 5.89. The molecule has 1 N–H and O–H groups in total. The van der Waals surface area contributed by atoms with Crippen molar-refractivity contribution in [1.82, 2.24) is 9.80 Å². The number of ether oxygens (including phenoxy) is 1. The van der Waals surface area contributed by atoms with E-state index in [1.54, 1.807) is 0 Å². The smallest absolute Gasteiger partial charge is 0.322 e. The number of nitrogens with one attached hydrogen (secondary N) is 1. The summed E-state index contributed by atoms with van der Waals surface area (Å²) in [5.74, 6) is 0.856. The van der Waals surface area contributed by atoms with Crippen LogP contribution in [0.2, 0.25) is 0 Å². The molecule has 0 saturated carbocycles. The molecule has 5 heteroatoms. The van der Waals surface area contributed by atoms with E-state index >= 15 is 0 Å². The maximum Gasteiger partial charge on any atom is 0.322 e. The summed E-state index contributed by atoms with van der Waals surface area (Å²) in [7, 11) is 0. The molecule has 0 bridgehead atoms. The maximum absolute atomic E-state index is 13.2. The van der Waals surface area contributed by atoms with Gasteiger partial charge in [-0.05, 0) is 83.1 Å². The van der Waals surface area contributed by atoms with Gasteiger partial charge in [0.05, 0.1) is 6.61 Å². The monoisotopic (exact) mass is 425 g/mol. The molecular formula is C26H39N3O2. The van der Waals surface area contributed by atoms with E-state index in [0.717, 1.165) is 49.5 Å². The largest absolute Gasteiger partial charge is 0.494 e. The standard InChI is InChI=1S/C26H39N3O2/c1-6-28(7-2)19-9-10-22(5)29(20-23-13-17-25(18-14-23)31-8-3)26(30)27-24-15-11-21(4)12-16-24/h11-18,22H,6-10,19-20H2,1-5H3,(H,27,30)/t22-/m0/s1. The molecule has 0 saturated heterocycles. The number of carbonyl (C=O) groups is 1. The SMILES string of the molecule is CCOc1ccc(CN(C(=O)Nc2ccc(C)cc2)[C@@H](C)CCCN(CC)CC)cc1.